The van der Waals surface area contributed by atoms with Crippen LogP contribution in [0.25, 0.3) is 0 Å². The molecule has 0 amide bonds. The van der Waals surface area contributed by atoms with Gasteiger partial charge in [0.15, 0.2) is 0 Å². The van der Waals surface area contributed by atoms with Gasteiger partial charge in [0.1, 0.15) is 5.82 Å². The molecule has 0 saturated heterocycles. The van der Waals surface area contributed by atoms with E-state index in [4.69, 9.17) is 0 Å². The van der Waals surface area contributed by atoms with E-state index in [1.54, 1.807) is 12.1 Å². The standard InChI is InChI=1S/C19H24FN/c1-4-12-21-19(16-10-5-6-11-18(16)20)13-17-14(2)8-7-9-15(17)3/h5-11,19,21H,4,12-13H2,1-3H3. The zero-order valence-corrected chi connectivity index (χ0v) is 13.1. The van der Waals surface area contributed by atoms with Crippen LogP contribution in [0.4, 0.5) is 4.39 Å². The van der Waals surface area contributed by atoms with E-state index < -0.39 is 0 Å². The lowest BCUT2D eigenvalue weighted by Crippen LogP contribution is -2.25. The van der Waals surface area contributed by atoms with Gasteiger partial charge in [-0.25, -0.2) is 4.39 Å². The van der Waals surface area contributed by atoms with Gasteiger partial charge in [-0.05, 0) is 56.0 Å². The minimum atomic E-state index is -0.127. The second-order valence-corrected chi connectivity index (χ2v) is 5.60. The van der Waals surface area contributed by atoms with Crippen LogP contribution in [0.15, 0.2) is 42.5 Å². The SMILES string of the molecule is CCCNC(Cc1c(C)cccc1C)c1ccccc1F. The van der Waals surface area contributed by atoms with E-state index in [2.05, 4.69) is 44.3 Å². The molecule has 0 bridgehead atoms. The summed E-state index contributed by atoms with van der Waals surface area (Å²) in [5, 5.41) is 3.49. The predicted molar refractivity (Wildman–Crippen MR) is 87.1 cm³/mol. The second kappa shape index (κ2) is 7.37. The van der Waals surface area contributed by atoms with Crippen LogP contribution >= 0.6 is 0 Å². The van der Waals surface area contributed by atoms with Gasteiger partial charge in [0.2, 0.25) is 0 Å². The van der Waals surface area contributed by atoms with Gasteiger partial charge in [0.05, 0.1) is 0 Å². The minimum Gasteiger partial charge on any atom is -0.310 e. The Bertz CT molecular complexity index is 572. The first kappa shape index (κ1) is 15.7. The third-order valence-electron chi connectivity index (χ3n) is 3.97. The molecule has 0 aliphatic heterocycles. The summed E-state index contributed by atoms with van der Waals surface area (Å²) < 4.78 is 14.1. The van der Waals surface area contributed by atoms with Gasteiger partial charge in [-0.1, -0.05) is 43.3 Å². The Labute approximate surface area is 127 Å². The highest BCUT2D eigenvalue weighted by atomic mass is 19.1. The Morgan fingerprint density at radius 3 is 2.29 bits per heavy atom. The largest absolute Gasteiger partial charge is 0.310 e. The molecule has 112 valence electrons. The number of halogens is 1. The van der Waals surface area contributed by atoms with E-state index in [0.29, 0.717) is 0 Å². The molecule has 21 heavy (non-hydrogen) atoms. The van der Waals surface area contributed by atoms with Crippen LogP contribution in [0.1, 0.15) is 41.6 Å². The monoisotopic (exact) mass is 285 g/mol. The molecule has 0 aliphatic carbocycles. The molecule has 0 aromatic heterocycles. The van der Waals surface area contributed by atoms with Crippen molar-refractivity contribution in [1.82, 2.24) is 5.32 Å². The van der Waals surface area contributed by atoms with Crippen molar-refractivity contribution in [2.45, 2.75) is 39.7 Å². The van der Waals surface area contributed by atoms with Crippen LogP contribution in [-0.2, 0) is 6.42 Å². The molecule has 2 aromatic rings. The summed E-state index contributed by atoms with van der Waals surface area (Å²) in [5.41, 5.74) is 4.62. The topological polar surface area (TPSA) is 12.0 Å². The van der Waals surface area contributed by atoms with Gasteiger partial charge >= 0.3 is 0 Å². The fourth-order valence-corrected chi connectivity index (χ4v) is 2.74. The minimum absolute atomic E-state index is 0.0194. The van der Waals surface area contributed by atoms with Crippen LogP contribution in [0.5, 0.6) is 0 Å². The molecule has 0 spiro atoms. The smallest absolute Gasteiger partial charge is 0.127 e. The first-order valence-corrected chi connectivity index (χ1v) is 7.66. The van der Waals surface area contributed by atoms with Crippen molar-refractivity contribution in [3.63, 3.8) is 0 Å². The maximum absolute atomic E-state index is 14.1. The second-order valence-electron chi connectivity index (χ2n) is 5.60. The van der Waals surface area contributed by atoms with Gasteiger partial charge in [-0.2, -0.15) is 0 Å². The van der Waals surface area contributed by atoms with Crippen molar-refractivity contribution in [2.24, 2.45) is 0 Å². The van der Waals surface area contributed by atoms with Crippen molar-refractivity contribution < 1.29 is 4.39 Å². The summed E-state index contributed by atoms with van der Waals surface area (Å²) in [6.07, 6.45) is 1.86. The third kappa shape index (κ3) is 3.92. The fraction of sp³-hybridized carbons (Fsp3) is 0.368. The van der Waals surface area contributed by atoms with E-state index in [0.717, 1.165) is 24.9 Å². The van der Waals surface area contributed by atoms with E-state index in [1.165, 1.54) is 16.7 Å². The Morgan fingerprint density at radius 2 is 1.67 bits per heavy atom. The summed E-state index contributed by atoms with van der Waals surface area (Å²) in [7, 11) is 0. The average Bonchev–Trinajstić information content (AvgIpc) is 2.47. The highest BCUT2D eigenvalue weighted by Gasteiger charge is 2.17. The maximum atomic E-state index is 14.1. The molecule has 1 N–H and O–H groups in total. The van der Waals surface area contributed by atoms with Crippen molar-refractivity contribution in [3.05, 3.63) is 70.5 Å². The van der Waals surface area contributed by atoms with Crippen molar-refractivity contribution in [1.29, 1.82) is 0 Å². The van der Waals surface area contributed by atoms with Gasteiger partial charge in [0.25, 0.3) is 0 Å². The molecule has 0 saturated carbocycles. The first-order chi connectivity index (χ1) is 10.1. The molecule has 1 nitrogen and oxygen atoms in total. The van der Waals surface area contributed by atoms with Gasteiger partial charge < -0.3 is 5.32 Å². The van der Waals surface area contributed by atoms with E-state index in [-0.39, 0.29) is 11.9 Å². The molecular weight excluding hydrogens is 261 g/mol. The van der Waals surface area contributed by atoms with Gasteiger partial charge in [-0.3, -0.25) is 0 Å². The highest BCUT2D eigenvalue weighted by Crippen LogP contribution is 2.24. The van der Waals surface area contributed by atoms with Crippen LogP contribution < -0.4 is 5.32 Å². The molecule has 1 atom stereocenters. The Balaban J connectivity index is 2.31. The molecule has 0 fully saturated rings. The van der Waals surface area contributed by atoms with Crippen LogP contribution in [0.2, 0.25) is 0 Å². The quantitative estimate of drug-likeness (QED) is 0.809. The molecule has 2 aromatic carbocycles. The maximum Gasteiger partial charge on any atom is 0.127 e. The highest BCUT2D eigenvalue weighted by molar-refractivity contribution is 5.35. The zero-order chi connectivity index (χ0) is 15.2. The lowest BCUT2D eigenvalue weighted by Gasteiger charge is -2.22. The average molecular weight is 285 g/mol. The number of hydrogen-bond donors (Lipinski definition) is 1. The van der Waals surface area contributed by atoms with Crippen LogP contribution in [0.3, 0.4) is 0 Å². The van der Waals surface area contributed by atoms with Crippen molar-refractivity contribution >= 4 is 0 Å². The van der Waals surface area contributed by atoms with Crippen molar-refractivity contribution in [2.75, 3.05) is 6.54 Å². The summed E-state index contributed by atoms with van der Waals surface area (Å²) in [6, 6.07) is 13.4. The van der Waals surface area contributed by atoms with E-state index >= 15 is 0 Å². The summed E-state index contributed by atoms with van der Waals surface area (Å²) >= 11 is 0. The number of nitrogens with one attached hydrogen (secondary N) is 1. The molecule has 2 heteroatoms. The number of hydrogen-bond acceptors (Lipinski definition) is 1. The lowest BCUT2D eigenvalue weighted by atomic mass is 9.92. The number of rotatable bonds is 6. The van der Waals surface area contributed by atoms with Crippen LogP contribution in [0, 0.1) is 19.7 Å². The normalized spacial score (nSPS) is 12.4. The summed E-state index contributed by atoms with van der Waals surface area (Å²) in [5.74, 6) is -0.127. The Hall–Kier alpha value is -1.67. The molecule has 0 aliphatic rings. The van der Waals surface area contributed by atoms with Crippen LogP contribution in [-0.4, -0.2) is 6.54 Å². The third-order valence-corrected chi connectivity index (χ3v) is 3.97. The fourth-order valence-electron chi connectivity index (χ4n) is 2.74. The summed E-state index contributed by atoms with van der Waals surface area (Å²) in [4.78, 5) is 0. The Morgan fingerprint density at radius 1 is 1.00 bits per heavy atom. The molecule has 1 unspecified atom stereocenters. The molecule has 2 rings (SSSR count). The predicted octanol–water partition coefficient (Wildman–Crippen LogP) is 4.73. The number of aryl methyl sites for hydroxylation is 2. The molecular formula is C19H24FN. The Kier molecular flexibility index (Phi) is 5.51. The molecule has 0 heterocycles. The first-order valence-electron chi connectivity index (χ1n) is 7.66. The summed E-state index contributed by atoms with van der Waals surface area (Å²) in [6.45, 7) is 7.27. The van der Waals surface area contributed by atoms with E-state index in [9.17, 15) is 4.39 Å². The number of benzene rings is 2. The molecule has 0 radical (unpaired) electrons. The van der Waals surface area contributed by atoms with Gasteiger partial charge in [-0.15, -0.1) is 0 Å². The van der Waals surface area contributed by atoms with Crippen molar-refractivity contribution in [3.8, 4) is 0 Å². The zero-order valence-electron chi connectivity index (χ0n) is 13.1. The van der Waals surface area contributed by atoms with Gasteiger partial charge in [0, 0.05) is 11.6 Å². The van der Waals surface area contributed by atoms with E-state index in [1.807, 2.05) is 12.1 Å². The lowest BCUT2D eigenvalue weighted by molar-refractivity contribution is 0.496.